The van der Waals surface area contributed by atoms with Crippen molar-refractivity contribution in [3.8, 4) is 0 Å². The van der Waals surface area contributed by atoms with Crippen molar-refractivity contribution in [3.05, 3.63) is 0 Å². The van der Waals surface area contributed by atoms with Gasteiger partial charge in [0.1, 0.15) is 0 Å². The Kier molecular flexibility index (Phi) is 32.5. The third-order valence-corrected chi connectivity index (χ3v) is 8.49. The highest BCUT2D eigenvalue weighted by Crippen LogP contribution is 2.16. The minimum Gasteiger partial charge on any atom is -0.425 e. The number of aliphatic hydroxyl groups is 1. The Labute approximate surface area is 265 Å². The largest absolute Gasteiger partial charge is 0.425 e. The molecule has 250 valence electrons. The van der Waals surface area contributed by atoms with Gasteiger partial charge < -0.3 is 14.6 Å². The predicted molar refractivity (Wildman–Crippen MR) is 178 cm³/mol. The van der Waals surface area contributed by atoms with Crippen molar-refractivity contribution in [2.24, 2.45) is 0 Å². The molecule has 0 spiro atoms. The number of carbonyl (C=O) groups excluding carboxylic acids is 2. The summed E-state index contributed by atoms with van der Waals surface area (Å²) in [5.41, 5.74) is 0. The Morgan fingerprint density at radius 2 is 0.762 bits per heavy atom. The summed E-state index contributed by atoms with van der Waals surface area (Å²) < 4.78 is 10.8. The Balaban J connectivity index is 3.87. The summed E-state index contributed by atoms with van der Waals surface area (Å²) in [4.78, 5) is 24.7. The molecule has 0 saturated heterocycles. The van der Waals surface area contributed by atoms with Crippen LogP contribution < -0.4 is 0 Å². The van der Waals surface area contributed by atoms with Crippen molar-refractivity contribution < 1.29 is 24.2 Å². The summed E-state index contributed by atoms with van der Waals surface area (Å²) in [5.74, 6) is -0.749. The fourth-order valence-corrected chi connectivity index (χ4v) is 5.52. The molecule has 6 heteroatoms. The zero-order chi connectivity index (χ0) is 30.9. The first-order chi connectivity index (χ1) is 20.5. The minimum absolute atomic E-state index is 0.00329. The predicted octanol–water partition coefficient (Wildman–Crippen LogP) is 11.4. The van der Waals surface area contributed by atoms with Gasteiger partial charge in [-0.2, -0.15) is 0 Å². The van der Waals surface area contributed by atoms with E-state index in [2.05, 4.69) is 13.8 Å². The lowest BCUT2D eigenvalue weighted by Crippen LogP contribution is -2.29. The summed E-state index contributed by atoms with van der Waals surface area (Å²) >= 11 is 5.73. The molecular formula is C36H69ClO5. The van der Waals surface area contributed by atoms with E-state index in [0.29, 0.717) is 12.8 Å². The van der Waals surface area contributed by atoms with Crippen molar-refractivity contribution in [2.75, 3.05) is 5.88 Å². The maximum atomic E-state index is 12.4. The maximum absolute atomic E-state index is 12.4. The number of hydrogen-bond acceptors (Lipinski definition) is 5. The van der Waals surface area contributed by atoms with E-state index in [-0.39, 0.29) is 24.2 Å². The number of esters is 2. The van der Waals surface area contributed by atoms with E-state index in [1.165, 1.54) is 128 Å². The molecule has 0 aromatic rings. The van der Waals surface area contributed by atoms with Gasteiger partial charge in [-0.3, -0.25) is 9.59 Å². The lowest BCUT2D eigenvalue weighted by atomic mass is 10.0. The smallest absolute Gasteiger partial charge is 0.308 e. The summed E-state index contributed by atoms with van der Waals surface area (Å²) in [6.07, 6.45) is 31.1. The highest BCUT2D eigenvalue weighted by atomic mass is 35.5. The number of rotatable bonds is 33. The van der Waals surface area contributed by atoms with E-state index in [1.54, 1.807) is 0 Å². The van der Waals surface area contributed by atoms with Gasteiger partial charge >= 0.3 is 11.9 Å². The van der Waals surface area contributed by atoms with Gasteiger partial charge in [-0.05, 0) is 12.8 Å². The standard InChI is InChI=1S/C36H69ClO5/c1-3-5-7-9-11-13-15-17-19-21-23-25-27-29-34(39)41-36(31-33(38)32-37)42-35(40)30-28-26-24-22-20-18-16-14-12-10-8-6-4-2/h33,36,38H,3-32H2,1-2H3. The highest BCUT2D eigenvalue weighted by Gasteiger charge is 2.22. The SMILES string of the molecule is CCCCCCCCCCCCCCCC(=O)OC(CC(O)CCl)OC(=O)CCCCCCCCCCCCCCC. The molecule has 1 N–H and O–H groups in total. The van der Waals surface area contributed by atoms with Gasteiger partial charge in [-0.1, -0.05) is 168 Å². The van der Waals surface area contributed by atoms with Crippen LogP contribution in [0.1, 0.15) is 200 Å². The van der Waals surface area contributed by atoms with Crippen LogP contribution in [0.5, 0.6) is 0 Å². The van der Waals surface area contributed by atoms with Crippen molar-refractivity contribution in [1.29, 1.82) is 0 Å². The Morgan fingerprint density at radius 1 is 0.500 bits per heavy atom. The number of ether oxygens (including phenoxy) is 2. The van der Waals surface area contributed by atoms with E-state index < -0.39 is 12.4 Å². The van der Waals surface area contributed by atoms with Crippen LogP contribution in [-0.2, 0) is 19.1 Å². The van der Waals surface area contributed by atoms with Crippen molar-refractivity contribution in [2.45, 2.75) is 212 Å². The number of aliphatic hydroxyl groups excluding tert-OH is 1. The molecule has 42 heavy (non-hydrogen) atoms. The molecule has 0 bridgehead atoms. The zero-order valence-electron chi connectivity index (χ0n) is 27.8. The topological polar surface area (TPSA) is 72.8 Å². The Bertz CT molecular complexity index is 541. The maximum Gasteiger partial charge on any atom is 0.308 e. The second-order valence-electron chi connectivity index (χ2n) is 12.4. The van der Waals surface area contributed by atoms with Crippen LogP contribution >= 0.6 is 11.6 Å². The number of unbranched alkanes of at least 4 members (excludes halogenated alkanes) is 24. The van der Waals surface area contributed by atoms with Gasteiger partial charge in [0.2, 0.25) is 6.29 Å². The van der Waals surface area contributed by atoms with Crippen LogP contribution in [0.3, 0.4) is 0 Å². The third-order valence-electron chi connectivity index (χ3n) is 8.14. The van der Waals surface area contributed by atoms with Gasteiger partial charge in [0.25, 0.3) is 0 Å². The zero-order valence-corrected chi connectivity index (χ0v) is 28.6. The molecule has 1 atom stereocenters. The van der Waals surface area contributed by atoms with Crippen LogP contribution in [-0.4, -0.2) is 35.3 Å². The molecule has 0 aromatic carbocycles. The van der Waals surface area contributed by atoms with E-state index in [0.717, 1.165) is 38.5 Å². The summed E-state index contributed by atoms with van der Waals surface area (Å²) in [5, 5.41) is 9.94. The minimum atomic E-state index is -1.07. The molecule has 0 aromatic heterocycles. The van der Waals surface area contributed by atoms with Crippen LogP contribution in [0.4, 0.5) is 0 Å². The fourth-order valence-electron chi connectivity index (χ4n) is 5.39. The van der Waals surface area contributed by atoms with Crippen LogP contribution in [0.15, 0.2) is 0 Å². The summed E-state index contributed by atoms with van der Waals surface area (Å²) in [6, 6.07) is 0. The first-order valence-electron chi connectivity index (χ1n) is 18.2. The van der Waals surface area contributed by atoms with Gasteiger partial charge in [0.15, 0.2) is 0 Å². The van der Waals surface area contributed by atoms with E-state index in [1.807, 2.05) is 0 Å². The third kappa shape index (κ3) is 30.6. The Hall–Kier alpha value is -0.810. The van der Waals surface area contributed by atoms with E-state index in [4.69, 9.17) is 21.1 Å². The molecule has 0 aliphatic rings. The number of alkyl halides is 1. The average molecular weight is 617 g/mol. The highest BCUT2D eigenvalue weighted by molar-refractivity contribution is 6.18. The second kappa shape index (κ2) is 33.1. The molecule has 0 aliphatic carbocycles. The molecule has 0 aliphatic heterocycles. The quantitative estimate of drug-likeness (QED) is 0.0343. The molecule has 0 saturated carbocycles. The van der Waals surface area contributed by atoms with Crippen LogP contribution in [0, 0.1) is 0 Å². The monoisotopic (exact) mass is 616 g/mol. The molecule has 1 unspecified atom stereocenters. The van der Waals surface area contributed by atoms with Crippen molar-refractivity contribution in [3.63, 3.8) is 0 Å². The van der Waals surface area contributed by atoms with E-state index in [9.17, 15) is 14.7 Å². The summed E-state index contributed by atoms with van der Waals surface area (Å²) in [7, 11) is 0. The molecule has 5 nitrogen and oxygen atoms in total. The lowest BCUT2D eigenvalue weighted by Gasteiger charge is -2.20. The van der Waals surface area contributed by atoms with Gasteiger partial charge in [-0.25, -0.2) is 0 Å². The first-order valence-corrected chi connectivity index (χ1v) is 18.7. The Morgan fingerprint density at radius 3 is 1.02 bits per heavy atom. The molecule has 0 amide bonds. The van der Waals surface area contributed by atoms with Crippen LogP contribution in [0.2, 0.25) is 0 Å². The van der Waals surface area contributed by atoms with Crippen LogP contribution in [0.25, 0.3) is 0 Å². The molecule has 0 fully saturated rings. The molecular weight excluding hydrogens is 548 g/mol. The number of halogens is 1. The van der Waals surface area contributed by atoms with E-state index >= 15 is 0 Å². The molecule has 0 heterocycles. The van der Waals surface area contributed by atoms with Crippen molar-refractivity contribution >= 4 is 23.5 Å². The summed E-state index contributed by atoms with van der Waals surface area (Å²) in [6.45, 7) is 4.51. The number of carbonyl (C=O) groups is 2. The van der Waals surface area contributed by atoms with Gasteiger partial charge in [0.05, 0.1) is 6.10 Å². The van der Waals surface area contributed by atoms with Crippen molar-refractivity contribution in [1.82, 2.24) is 0 Å². The number of hydrogen-bond donors (Lipinski definition) is 1. The first kappa shape index (κ1) is 41.2. The molecule has 0 rings (SSSR count). The molecule has 0 radical (unpaired) electrons. The second-order valence-corrected chi connectivity index (χ2v) is 12.7. The van der Waals surface area contributed by atoms with Gasteiger partial charge in [-0.15, -0.1) is 11.6 Å². The lowest BCUT2D eigenvalue weighted by molar-refractivity contribution is -0.192. The fraction of sp³-hybridized carbons (Fsp3) is 0.944. The average Bonchev–Trinajstić information content (AvgIpc) is 2.97. The van der Waals surface area contributed by atoms with Gasteiger partial charge in [0, 0.05) is 25.1 Å². The normalized spacial score (nSPS) is 12.1.